The van der Waals surface area contributed by atoms with Crippen molar-refractivity contribution in [3.05, 3.63) is 146 Å². The van der Waals surface area contributed by atoms with Gasteiger partial charge in [0.2, 0.25) is 15.9 Å². The van der Waals surface area contributed by atoms with Gasteiger partial charge < -0.3 is 20.1 Å². The van der Waals surface area contributed by atoms with Gasteiger partial charge in [0.1, 0.15) is 12.4 Å². The molecule has 0 aliphatic carbocycles. The van der Waals surface area contributed by atoms with E-state index in [1.807, 2.05) is 92.4 Å². The highest BCUT2D eigenvalue weighted by Gasteiger charge is 2.23. The third kappa shape index (κ3) is 14.4. The summed E-state index contributed by atoms with van der Waals surface area (Å²) in [5, 5.41) is 14.5. The molecule has 352 valence electrons. The Morgan fingerprint density at radius 1 is 0.909 bits per heavy atom. The highest BCUT2D eigenvalue weighted by Crippen LogP contribution is 2.31. The topological polar surface area (TPSA) is 206 Å². The number of nitrogens with one attached hydrogen (secondary N) is 3. The number of fused-ring (bicyclic) bond motifs is 4. The number of anilines is 2. The number of H-pyrrole nitrogens is 1. The van der Waals surface area contributed by atoms with Crippen molar-refractivity contribution in [1.29, 1.82) is 0 Å². The predicted molar refractivity (Wildman–Crippen MR) is 268 cm³/mol. The Morgan fingerprint density at radius 2 is 1.59 bits per heavy atom. The molecule has 3 aromatic heterocycles. The summed E-state index contributed by atoms with van der Waals surface area (Å²) in [7, 11) is -1.39. The van der Waals surface area contributed by atoms with Crippen molar-refractivity contribution in [3.63, 3.8) is 0 Å². The second-order valence-electron chi connectivity index (χ2n) is 15.2. The number of aromatic amines is 1. The zero-order valence-electron chi connectivity index (χ0n) is 37.0. The van der Waals surface area contributed by atoms with E-state index in [0.29, 0.717) is 33.5 Å². The maximum Gasteiger partial charge on any atom is 0.264 e. The number of nitrogen functional groups attached to an aromatic ring is 1. The summed E-state index contributed by atoms with van der Waals surface area (Å²) < 4.78 is 57.8. The average Bonchev–Trinajstić information content (AvgIpc) is 3.89. The molecule has 8 rings (SSSR count). The molecule has 22 heteroatoms. The number of hydrogen-bond acceptors (Lipinski definition) is 11. The SMILES string of the molecule is CC(Cl)(Cl)Cl.CNS(=O)(=O)Cc1ccc2[nH]cc(CCN(C)C)c2c1.Cc1nnc2n1-c1ccc(Cl)cc1C(c1ccccc1Cl)=NC2.Cc1noc(NS(=O)(=O)c2ccc(N)cc2)c1C. The quantitative estimate of drug-likeness (QED) is 0.0754. The molecule has 4 aromatic carbocycles. The van der Waals surface area contributed by atoms with Crippen molar-refractivity contribution in [2.75, 3.05) is 38.1 Å². The Morgan fingerprint density at radius 3 is 2.21 bits per heavy atom. The van der Waals surface area contributed by atoms with Crippen LogP contribution in [0, 0.1) is 20.8 Å². The van der Waals surface area contributed by atoms with Crippen LogP contribution >= 0.6 is 58.0 Å². The zero-order valence-corrected chi connectivity index (χ0v) is 42.4. The molecule has 5 N–H and O–H groups in total. The van der Waals surface area contributed by atoms with Gasteiger partial charge in [0, 0.05) is 56.1 Å². The van der Waals surface area contributed by atoms with E-state index < -0.39 is 23.8 Å². The number of aryl methyl sites for hydroxylation is 2. The number of benzene rings is 4. The van der Waals surface area contributed by atoms with Crippen molar-refractivity contribution in [2.45, 2.75) is 55.1 Å². The van der Waals surface area contributed by atoms with Crippen LogP contribution in [0.3, 0.4) is 0 Å². The third-order valence-electron chi connectivity index (χ3n) is 9.76. The van der Waals surface area contributed by atoms with Gasteiger partial charge in [-0.25, -0.2) is 26.3 Å². The Labute approximate surface area is 409 Å². The first kappa shape index (κ1) is 52.3. The maximum atomic E-state index is 12.0. The van der Waals surface area contributed by atoms with E-state index in [1.54, 1.807) is 13.8 Å². The number of alkyl halides is 3. The summed E-state index contributed by atoms with van der Waals surface area (Å²) in [6, 6.07) is 25.1. The summed E-state index contributed by atoms with van der Waals surface area (Å²) in [5.74, 6) is 1.76. The molecule has 0 unspecified atom stereocenters. The monoisotopic (exact) mass is 1040 g/mol. The molecule has 0 bridgehead atoms. The van der Waals surface area contributed by atoms with Gasteiger partial charge in [0.25, 0.3) is 10.0 Å². The van der Waals surface area contributed by atoms with Gasteiger partial charge in [-0.15, -0.1) is 10.2 Å². The lowest BCUT2D eigenvalue weighted by Crippen LogP contribution is -2.20. The van der Waals surface area contributed by atoms with Crippen LogP contribution in [-0.2, 0) is 38.8 Å². The van der Waals surface area contributed by atoms with Gasteiger partial charge in [0.05, 0.1) is 27.7 Å². The third-order valence-corrected chi connectivity index (χ3v) is 13.0. The molecule has 1 aliphatic heterocycles. The first-order chi connectivity index (χ1) is 31.0. The molecule has 7 aromatic rings. The number of aliphatic imine (C=N–C) groups is 1. The number of nitrogens with two attached hydrogens (primary N) is 1. The Kier molecular flexibility index (Phi) is 17.7. The lowest BCUT2D eigenvalue weighted by Gasteiger charge is -2.13. The van der Waals surface area contributed by atoms with E-state index in [2.05, 4.69) is 34.7 Å². The van der Waals surface area contributed by atoms with E-state index in [1.165, 1.54) is 43.8 Å². The number of likely N-dealkylation sites (N-methyl/N-ethyl adjacent to an activating group) is 1. The van der Waals surface area contributed by atoms with E-state index in [-0.39, 0.29) is 16.5 Å². The van der Waals surface area contributed by atoms with Crippen LogP contribution in [0.4, 0.5) is 11.6 Å². The minimum absolute atomic E-state index is 0.0116. The van der Waals surface area contributed by atoms with Gasteiger partial charge >= 0.3 is 0 Å². The number of aromatic nitrogens is 5. The van der Waals surface area contributed by atoms with Crippen LogP contribution in [0.2, 0.25) is 10.0 Å². The minimum Gasteiger partial charge on any atom is -0.399 e. The molecule has 0 fully saturated rings. The van der Waals surface area contributed by atoms with Crippen LogP contribution in [-0.4, -0.2) is 83.8 Å². The average molecular weight is 1040 g/mol. The summed E-state index contributed by atoms with van der Waals surface area (Å²) in [5.41, 5.74) is 14.0. The number of nitrogens with zero attached hydrogens (tertiary/aromatic N) is 6. The standard InChI is InChI=1S/C17H12Cl2N4.C14H21N3O2S.C11H13N3O3S.C2H3Cl3/c1-10-21-22-16-9-20-17(12-4-2-3-5-14(12)19)13-8-11(18)6-7-15(13)23(10)16;1-15-20(18,19)10-11-4-5-14-13(8-11)12(9-16-14)6-7-17(2)3;1-7-8(2)13-17-11(7)14-18(15,16)10-5-3-9(12)4-6-10;1-2(3,4)5/h2-8H,9H2,1H3;4-5,8-9,15-16H,6-7,10H2,1-3H3;3-6,14H,12H2,1-2H3;1H3. The Bertz CT molecular complexity index is 3030. The molecule has 0 spiro atoms. The second-order valence-corrected chi connectivity index (χ2v) is 22.5. The predicted octanol–water partition coefficient (Wildman–Crippen LogP) is 9.61. The zero-order chi connectivity index (χ0) is 48.6. The Balaban J connectivity index is 0.000000178. The minimum atomic E-state index is -3.68. The number of hydrogen-bond donors (Lipinski definition) is 4. The largest absolute Gasteiger partial charge is 0.399 e. The van der Waals surface area contributed by atoms with E-state index >= 15 is 0 Å². The molecular weight excluding hydrogens is 990 g/mol. The number of halogens is 5. The van der Waals surface area contributed by atoms with Crippen LogP contribution in [0.25, 0.3) is 16.6 Å². The van der Waals surface area contributed by atoms with Gasteiger partial charge in [-0.1, -0.05) is 87.4 Å². The van der Waals surface area contributed by atoms with Crippen LogP contribution in [0.15, 0.2) is 106 Å². The van der Waals surface area contributed by atoms with E-state index in [4.69, 9.17) is 73.3 Å². The molecule has 0 saturated heterocycles. The summed E-state index contributed by atoms with van der Waals surface area (Å²) >= 11 is 27.8. The van der Waals surface area contributed by atoms with E-state index in [0.717, 1.165) is 63.6 Å². The number of rotatable bonds is 10. The van der Waals surface area contributed by atoms with Crippen LogP contribution in [0.1, 0.15) is 52.1 Å². The highest BCUT2D eigenvalue weighted by atomic mass is 35.6. The van der Waals surface area contributed by atoms with Crippen molar-refractivity contribution < 1.29 is 21.4 Å². The smallest absolute Gasteiger partial charge is 0.264 e. The van der Waals surface area contributed by atoms with Crippen LogP contribution < -0.4 is 15.2 Å². The van der Waals surface area contributed by atoms with Gasteiger partial charge in [-0.05, 0) is 127 Å². The molecule has 0 atom stereocenters. The first-order valence-electron chi connectivity index (χ1n) is 20.0. The fraction of sp³-hybridized carbons (Fsp3) is 0.273. The number of sulfonamides is 2. The molecule has 1 aliphatic rings. The van der Waals surface area contributed by atoms with E-state index in [9.17, 15) is 16.8 Å². The molecule has 15 nitrogen and oxygen atoms in total. The fourth-order valence-electron chi connectivity index (χ4n) is 6.33. The van der Waals surface area contributed by atoms with Crippen molar-refractivity contribution in [3.8, 4) is 5.69 Å². The van der Waals surface area contributed by atoms with Crippen molar-refractivity contribution >= 4 is 106 Å². The van der Waals surface area contributed by atoms with Crippen LogP contribution in [0.5, 0.6) is 0 Å². The highest BCUT2D eigenvalue weighted by molar-refractivity contribution is 7.92. The molecule has 0 amide bonds. The second kappa shape index (κ2) is 22.4. The first-order valence-corrected chi connectivity index (χ1v) is 25.0. The van der Waals surface area contributed by atoms with Gasteiger partial charge in [0.15, 0.2) is 9.62 Å². The molecular formula is C44H49Cl5N10O5S2. The Hall–Kier alpha value is -4.69. The molecule has 0 saturated carbocycles. The van der Waals surface area contributed by atoms with Crippen molar-refractivity contribution in [2.24, 2.45) is 4.99 Å². The lowest BCUT2D eigenvalue weighted by atomic mass is 10.0. The van der Waals surface area contributed by atoms with Crippen molar-refractivity contribution in [1.82, 2.24) is 34.5 Å². The molecule has 66 heavy (non-hydrogen) atoms. The molecule has 4 heterocycles. The normalized spacial score (nSPS) is 12.3. The van der Waals surface area contributed by atoms with Gasteiger partial charge in [-0.2, -0.15) is 0 Å². The summed E-state index contributed by atoms with van der Waals surface area (Å²) in [6.45, 7) is 8.28. The maximum absolute atomic E-state index is 12.0. The molecule has 0 radical (unpaired) electrons. The lowest BCUT2D eigenvalue weighted by molar-refractivity contribution is 0.414. The van der Waals surface area contributed by atoms with Gasteiger partial charge in [-0.3, -0.25) is 9.56 Å². The summed E-state index contributed by atoms with van der Waals surface area (Å²) in [4.78, 5) is 10.2. The fourth-order valence-corrected chi connectivity index (χ4v) is 8.54. The summed E-state index contributed by atoms with van der Waals surface area (Å²) in [6.07, 6.45) is 2.94.